The monoisotopic (exact) mass is 287 g/mol. The van der Waals surface area contributed by atoms with E-state index in [0.717, 1.165) is 24.1 Å². The Kier molecular flexibility index (Phi) is 5.49. The highest BCUT2D eigenvalue weighted by atomic mass is 79.9. The van der Waals surface area contributed by atoms with E-state index in [1.165, 1.54) is 5.69 Å². The maximum atomic E-state index is 4.37. The van der Waals surface area contributed by atoms with Crippen LogP contribution in [0.25, 0.3) is 0 Å². The van der Waals surface area contributed by atoms with Crippen molar-refractivity contribution in [3.63, 3.8) is 0 Å². The van der Waals surface area contributed by atoms with E-state index in [4.69, 9.17) is 0 Å². The molecule has 3 nitrogen and oxygen atoms in total. The van der Waals surface area contributed by atoms with Crippen molar-refractivity contribution in [1.29, 1.82) is 0 Å². The Morgan fingerprint density at radius 1 is 1.44 bits per heavy atom. The SMILES string of the molecule is CCNCC(C)C(C)c1c(Br)cnn1CC. The molecule has 4 heteroatoms. The Morgan fingerprint density at radius 2 is 2.12 bits per heavy atom. The third kappa shape index (κ3) is 3.08. The lowest BCUT2D eigenvalue weighted by Gasteiger charge is -2.21. The van der Waals surface area contributed by atoms with Crippen molar-refractivity contribution in [2.24, 2.45) is 5.92 Å². The minimum absolute atomic E-state index is 0.510. The van der Waals surface area contributed by atoms with Crippen molar-refractivity contribution < 1.29 is 0 Å². The van der Waals surface area contributed by atoms with Gasteiger partial charge in [0.2, 0.25) is 0 Å². The fourth-order valence-corrected chi connectivity index (χ4v) is 2.55. The Hall–Kier alpha value is -0.350. The highest BCUT2D eigenvalue weighted by Crippen LogP contribution is 2.29. The molecule has 0 saturated heterocycles. The average Bonchev–Trinajstić information content (AvgIpc) is 2.66. The van der Waals surface area contributed by atoms with Crippen LogP contribution in [-0.4, -0.2) is 22.9 Å². The molecular weight excluding hydrogens is 266 g/mol. The molecule has 0 amide bonds. The highest BCUT2D eigenvalue weighted by molar-refractivity contribution is 9.10. The largest absolute Gasteiger partial charge is 0.317 e. The average molecular weight is 288 g/mol. The van der Waals surface area contributed by atoms with E-state index in [1.54, 1.807) is 0 Å². The van der Waals surface area contributed by atoms with E-state index in [0.29, 0.717) is 11.8 Å². The van der Waals surface area contributed by atoms with Gasteiger partial charge in [0.15, 0.2) is 0 Å². The smallest absolute Gasteiger partial charge is 0.0635 e. The van der Waals surface area contributed by atoms with Gasteiger partial charge < -0.3 is 5.32 Å². The van der Waals surface area contributed by atoms with Gasteiger partial charge in [-0.1, -0.05) is 20.8 Å². The number of aromatic nitrogens is 2. The molecule has 0 bridgehead atoms. The minimum atomic E-state index is 0.510. The molecule has 1 aromatic rings. The molecule has 0 radical (unpaired) electrons. The summed E-state index contributed by atoms with van der Waals surface area (Å²) in [7, 11) is 0. The van der Waals surface area contributed by atoms with Crippen molar-refractivity contribution in [3.05, 3.63) is 16.4 Å². The van der Waals surface area contributed by atoms with Gasteiger partial charge in [-0.05, 0) is 41.9 Å². The quantitative estimate of drug-likeness (QED) is 0.872. The Morgan fingerprint density at radius 3 is 2.69 bits per heavy atom. The van der Waals surface area contributed by atoms with Crippen LogP contribution in [0.15, 0.2) is 10.7 Å². The minimum Gasteiger partial charge on any atom is -0.317 e. The Labute approximate surface area is 107 Å². The number of hydrogen-bond donors (Lipinski definition) is 1. The lowest BCUT2D eigenvalue weighted by Crippen LogP contribution is -2.25. The van der Waals surface area contributed by atoms with Crippen LogP contribution in [0.2, 0.25) is 0 Å². The van der Waals surface area contributed by atoms with Gasteiger partial charge in [0.1, 0.15) is 0 Å². The summed E-state index contributed by atoms with van der Waals surface area (Å²) in [5.41, 5.74) is 1.31. The summed E-state index contributed by atoms with van der Waals surface area (Å²) in [5.74, 6) is 1.12. The van der Waals surface area contributed by atoms with Gasteiger partial charge in [0.25, 0.3) is 0 Å². The Balaban J connectivity index is 2.77. The highest BCUT2D eigenvalue weighted by Gasteiger charge is 2.20. The van der Waals surface area contributed by atoms with Crippen LogP contribution in [0.5, 0.6) is 0 Å². The summed E-state index contributed by atoms with van der Waals surface area (Å²) >= 11 is 3.59. The molecule has 1 rings (SSSR count). The standard InChI is InChI=1S/C12H22BrN3/c1-5-14-7-9(3)10(4)12-11(13)8-15-16(12)6-2/h8-10,14H,5-7H2,1-4H3. The predicted molar refractivity (Wildman–Crippen MR) is 71.7 cm³/mol. The van der Waals surface area contributed by atoms with Crippen LogP contribution in [0, 0.1) is 5.92 Å². The molecule has 16 heavy (non-hydrogen) atoms. The van der Waals surface area contributed by atoms with E-state index >= 15 is 0 Å². The number of nitrogens with one attached hydrogen (secondary N) is 1. The fourth-order valence-electron chi connectivity index (χ4n) is 1.89. The first kappa shape index (κ1) is 13.7. The third-order valence-corrected chi connectivity index (χ3v) is 3.74. The summed E-state index contributed by atoms with van der Waals surface area (Å²) < 4.78 is 3.21. The first-order chi connectivity index (χ1) is 7.61. The zero-order valence-electron chi connectivity index (χ0n) is 10.6. The molecule has 92 valence electrons. The van der Waals surface area contributed by atoms with Crippen LogP contribution in [0.3, 0.4) is 0 Å². The third-order valence-electron chi connectivity index (χ3n) is 3.13. The van der Waals surface area contributed by atoms with Gasteiger partial charge in [0, 0.05) is 12.5 Å². The van der Waals surface area contributed by atoms with Crippen molar-refractivity contribution in [3.8, 4) is 0 Å². The molecule has 2 unspecified atom stereocenters. The predicted octanol–water partition coefficient (Wildman–Crippen LogP) is 3.01. The van der Waals surface area contributed by atoms with Gasteiger partial charge in [-0.2, -0.15) is 5.10 Å². The van der Waals surface area contributed by atoms with E-state index in [9.17, 15) is 0 Å². The van der Waals surface area contributed by atoms with E-state index in [-0.39, 0.29) is 0 Å². The van der Waals surface area contributed by atoms with Crippen LogP contribution >= 0.6 is 15.9 Å². The normalized spacial score (nSPS) is 15.1. The van der Waals surface area contributed by atoms with Gasteiger partial charge in [-0.3, -0.25) is 4.68 Å². The molecule has 0 aliphatic rings. The molecule has 0 saturated carbocycles. The van der Waals surface area contributed by atoms with Crippen LogP contribution in [-0.2, 0) is 6.54 Å². The van der Waals surface area contributed by atoms with Crippen LogP contribution in [0.4, 0.5) is 0 Å². The Bertz CT molecular complexity index is 322. The summed E-state index contributed by atoms with van der Waals surface area (Å²) in [4.78, 5) is 0. The van der Waals surface area contributed by atoms with Gasteiger partial charge in [-0.25, -0.2) is 0 Å². The molecule has 1 heterocycles. The maximum absolute atomic E-state index is 4.37. The number of rotatable bonds is 6. The lowest BCUT2D eigenvalue weighted by atomic mass is 9.92. The molecule has 1 N–H and O–H groups in total. The zero-order valence-corrected chi connectivity index (χ0v) is 12.2. The van der Waals surface area contributed by atoms with E-state index in [2.05, 4.69) is 58.7 Å². The zero-order chi connectivity index (χ0) is 12.1. The molecule has 0 fully saturated rings. The second-order valence-electron chi connectivity index (χ2n) is 4.27. The second kappa shape index (κ2) is 6.40. The fraction of sp³-hybridized carbons (Fsp3) is 0.750. The number of nitrogens with zero attached hydrogens (tertiary/aromatic N) is 2. The second-order valence-corrected chi connectivity index (χ2v) is 5.12. The summed E-state index contributed by atoms with van der Waals surface area (Å²) in [5, 5.41) is 7.77. The number of aryl methyl sites for hydroxylation is 1. The summed E-state index contributed by atoms with van der Waals surface area (Å²) in [6.07, 6.45) is 1.90. The van der Waals surface area contributed by atoms with Gasteiger partial charge >= 0.3 is 0 Å². The van der Waals surface area contributed by atoms with Crippen molar-refractivity contribution in [1.82, 2.24) is 15.1 Å². The number of halogens is 1. The molecule has 0 aromatic carbocycles. The van der Waals surface area contributed by atoms with Gasteiger partial charge in [-0.15, -0.1) is 0 Å². The molecule has 1 aromatic heterocycles. The summed E-state index contributed by atoms with van der Waals surface area (Å²) in [6, 6.07) is 0. The molecular formula is C12H22BrN3. The molecule has 0 aliphatic heterocycles. The van der Waals surface area contributed by atoms with E-state index < -0.39 is 0 Å². The van der Waals surface area contributed by atoms with Gasteiger partial charge in [0.05, 0.1) is 16.4 Å². The number of hydrogen-bond acceptors (Lipinski definition) is 2. The lowest BCUT2D eigenvalue weighted by molar-refractivity contribution is 0.426. The first-order valence-corrected chi connectivity index (χ1v) is 6.82. The van der Waals surface area contributed by atoms with Crippen molar-refractivity contribution in [2.45, 2.75) is 40.2 Å². The first-order valence-electron chi connectivity index (χ1n) is 6.03. The molecule has 0 spiro atoms. The van der Waals surface area contributed by atoms with Crippen molar-refractivity contribution >= 4 is 15.9 Å². The topological polar surface area (TPSA) is 29.9 Å². The summed E-state index contributed by atoms with van der Waals surface area (Å²) in [6.45, 7) is 11.8. The molecule has 2 atom stereocenters. The molecule has 0 aliphatic carbocycles. The van der Waals surface area contributed by atoms with Crippen LogP contribution in [0.1, 0.15) is 39.3 Å². The van der Waals surface area contributed by atoms with E-state index in [1.807, 2.05) is 6.20 Å². The maximum Gasteiger partial charge on any atom is 0.0635 e. The van der Waals surface area contributed by atoms with Crippen LogP contribution < -0.4 is 5.32 Å². The van der Waals surface area contributed by atoms with Crippen molar-refractivity contribution in [2.75, 3.05) is 13.1 Å².